The van der Waals surface area contributed by atoms with Crippen LogP contribution in [0.15, 0.2) is 0 Å². The Bertz CT molecular complexity index is 145. The van der Waals surface area contributed by atoms with Gasteiger partial charge in [0.25, 0.3) is 0 Å². The predicted molar refractivity (Wildman–Crippen MR) is 52.1 cm³/mol. The summed E-state index contributed by atoms with van der Waals surface area (Å²) in [6.07, 6.45) is 0.136. The van der Waals surface area contributed by atoms with E-state index in [2.05, 4.69) is 0 Å². The Kier molecular flexibility index (Phi) is 6.84. The first kappa shape index (κ1) is 12.6. The summed E-state index contributed by atoms with van der Waals surface area (Å²) < 4.78 is 10.8. The highest BCUT2D eigenvalue weighted by atomic mass is 28.3. The van der Waals surface area contributed by atoms with Crippen molar-refractivity contribution in [2.24, 2.45) is 0 Å². The van der Waals surface area contributed by atoms with Gasteiger partial charge in [0.05, 0.1) is 0 Å². The van der Waals surface area contributed by atoms with Gasteiger partial charge in [-0.2, -0.15) is 0 Å². The largest absolute Gasteiger partial charge is 0.481 e. The molecule has 0 aromatic carbocycles. The van der Waals surface area contributed by atoms with Crippen molar-refractivity contribution in [1.82, 2.24) is 0 Å². The Morgan fingerprint density at radius 3 is 2.15 bits per heavy atom. The maximum Gasteiger partial charge on any atom is 0.324 e. The molecule has 0 bridgehead atoms. The molecule has 13 heavy (non-hydrogen) atoms. The highest BCUT2D eigenvalue weighted by molar-refractivity contribution is 6.46. The summed E-state index contributed by atoms with van der Waals surface area (Å²) in [5, 5.41) is 8.58. The average Bonchev–Trinajstić information content (AvgIpc) is 2.02. The Morgan fingerprint density at radius 1 is 1.38 bits per heavy atom. The lowest BCUT2D eigenvalue weighted by Crippen LogP contribution is -2.29. The third-order valence-corrected chi connectivity index (χ3v) is 4.11. The van der Waals surface area contributed by atoms with Crippen LogP contribution in [-0.4, -0.2) is 33.6 Å². The minimum atomic E-state index is -1.76. The van der Waals surface area contributed by atoms with E-state index in [1.807, 2.05) is 20.8 Å². The first-order valence-corrected chi connectivity index (χ1v) is 6.17. The van der Waals surface area contributed by atoms with Crippen LogP contribution in [0.2, 0.25) is 5.54 Å². The van der Waals surface area contributed by atoms with Gasteiger partial charge in [0, 0.05) is 25.2 Å². The normalized spacial score (nSPS) is 13.2. The second-order valence-electron chi connectivity index (χ2n) is 2.85. The molecule has 0 radical (unpaired) electrons. The van der Waals surface area contributed by atoms with E-state index in [4.69, 9.17) is 14.0 Å². The molecule has 0 spiro atoms. The highest BCUT2D eigenvalue weighted by Crippen LogP contribution is 2.16. The lowest BCUT2D eigenvalue weighted by atomic mass is 10.3. The van der Waals surface area contributed by atoms with Crippen LogP contribution in [0.25, 0.3) is 0 Å². The second kappa shape index (κ2) is 7.05. The molecule has 0 rings (SSSR count). The van der Waals surface area contributed by atoms with Gasteiger partial charge in [-0.3, -0.25) is 4.79 Å². The molecular formula is C8H18O4Si. The summed E-state index contributed by atoms with van der Waals surface area (Å²) in [7, 11) is -1.76. The maximum absolute atomic E-state index is 10.4. The van der Waals surface area contributed by atoms with Crippen molar-refractivity contribution < 1.29 is 18.8 Å². The summed E-state index contributed by atoms with van der Waals surface area (Å²) in [6.45, 7) is 6.86. The molecule has 0 aromatic rings. The minimum absolute atomic E-state index is 0.0254. The number of rotatable bonds is 7. The molecule has 0 fully saturated rings. The van der Waals surface area contributed by atoms with Gasteiger partial charge in [-0.05, 0) is 13.8 Å². The first-order valence-electron chi connectivity index (χ1n) is 4.56. The van der Waals surface area contributed by atoms with Gasteiger partial charge in [0.2, 0.25) is 0 Å². The summed E-state index contributed by atoms with van der Waals surface area (Å²) in [4.78, 5) is 10.4. The van der Waals surface area contributed by atoms with E-state index in [9.17, 15) is 4.79 Å². The maximum atomic E-state index is 10.4. The van der Waals surface area contributed by atoms with Gasteiger partial charge in [0.15, 0.2) is 0 Å². The quantitative estimate of drug-likeness (QED) is 0.635. The molecule has 0 saturated carbocycles. The topological polar surface area (TPSA) is 55.8 Å². The number of hydrogen-bond acceptors (Lipinski definition) is 3. The monoisotopic (exact) mass is 206 g/mol. The number of aliphatic carboxylic acids is 1. The van der Waals surface area contributed by atoms with Crippen molar-refractivity contribution in [3.8, 4) is 0 Å². The number of carboxylic acids is 1. The fraction of sp³-hybridized carbons (Fsp3) is 0.875. The van der Waals surface area contributed by atoms with Crippen molar-refractivity contribution in [3.63, 3.8) is 0 Å². The van der Waals surface area contributed by atoms with Crippen molar-refractivity contribution in [2.45, 2.75) is 32.7 Å². The van der Waals surface area contributed by atoms with E-state index < -0.39 is 15.3 Å². The summed E-state index contributed by atoms with van der Waals surface area (Å²) in [6, 6.07) is 0. The van der Waals surface area contributed by atoms with Gasteiger partial charge >= 0.3 is 15.3 Å². The van der Waals surface area contributed by atoms with Gasteiger partial charge in [-0.1, -0.05) is 6.92 Å². The smallest absolute Gasteiger partial charge is 0.324 e. The summed E-state index contributed by atoms with van der Waals surface area (Å²) >= 11 is 0. The predicted octanol–water partition coefficient (Wildman–Crippen LogP) is 1.14. The second-order valence-corrected chi connectivity index (χ2v) is 5.40. The molecule has 0 saturated heterocycles. The lowest BCUT2D eigenvalue weighted by molar-refractivity contribution is -0.137. The van der Waals surface area contributed by atoms with E-state index >= 15 is 0 Å². The number of hydrogen-bond donors (Lipinski definition) is 1. The molecule has 0 heterocycles. The minimum Gasteiger partial charge on any atom is -0.481 e. The van der Waals surface area contributed by atoms with Crippen LogP contribution in [0.3, 0.4) is 0 Å². The van der Waals surface area contributed by atoms with E-state index in [1.54, 1.807) is 0 Å². The molecule has 5 heteroatoms. The van der Waals surface area contributed by atoms with Crippen LogP contribution in [-0.2, 0) is 13.6 Å². The van der Waals surface area contributed by atoms with Gasteiger partial charge in [0.1, 0.15) is 0 Å². The Hall–Kier alpha value is -0.393. The van der Waals surface area contributed by atoms with Crippen LogP contribution in [0.5, 0.6) is 0 Å². The van der Waals surface area contributed by atoms with E-state index in [1.165, 1.54) is 0 Å². The van der Waals surface area contributed by atoms with Crippen LogP contribution in [0.1, 0.15) is 27.2 Å². The van der Waals surface area contributed by atoms with E-state index in [-0.39, 0.29) is 12.0 Å². The summed E-state index contributed by atoms with van der Waals surface area (Å²) in [5.74, 6) is -0.788. The van der Waals surface area contributed by atoms with Gasteiger partial charge in [-0.25, -0.2) is 0 Å². The van der Waals surface area contributed by atoms with Crippen LogP contribution >= 0.6 is 0 Å². The average molecular weight is 206 g/mol. The molecule has 1 unspecified atom stereocenters. The first-order chi connectivity index (χ1) is 6.11. The molecule has 0 aromatic heterocycles. The molecule has 0 aliphatic heterocycles. The highest BCUT2D eigenvalue weighted by Gasteiger charge is 2.23. The fourth-order valence-electron chi connectivity index (χ4n) is 1.08. The van der Waals surface area contributed by atoms with Crippen LogP contribution in [0.4, 0.5) is 0 Å². The lowest BCUT2D eigenvalue weighted by Gasteiger charge is -2.19. The Labute approximate surface area is 80.7 Å². The standard InChI is InChI=1S/C8H18O4Si/c1-4-11-13(12-5-2)7(3)6-8(9)10/h7,13H,4-6H2,1-3H3,(H,9,10). The van der Waals surface area contributed by atoms with Gasteiger partial charge < -0.3 is 14.0 Å². The van der Waals surface area contributed by atoms with Crippen molar-refractivity contribution in [3.05, 3.63) is 0 Å². The molecule has 1 N–H and O–H groups in total. The Balaban J connectivity index is 3.93. The summed E-state index contributed by atoms with van der Waals surface area (Å²) in [5.41, 5.74) is 0.0254. The van der Waals surface area contributed by atoms with Crippen LogP contribution in [0, 0.1) is 0 Å². The van der Waals surface area contributed by atoms with Gasteiger partial charge in [-0.15, -0.1) is 0 Å². The molecule has 0 aliphatic carbocycles. The van der Waals surface area contributed by atoms with Crippen molar-refractivity contribution in [1.29, 1.82) is 0 Å². The van der Waals surface area contributed by atoms with Crippen molar-refractivity contribution in [2.75, 3.05) is 13.2 Å². The number of carbonyl (C=O) groups is 1. The molecule has 0 aliphatic rings. The third kappa shape index (κ3) is 5.79. The number of carboxylic acid groups (broad SMARTS) is 1. The molecule has 4 nitrogen and oxygen atoms in total. The molecule has 78 valence electrons. The zero-order valence-electron chi connectivity index (χ0n) is 8.45. The SMILES string of the molecule is CCO[SiH](OCC)C(C)CC(=O)O. The molecular weight excluding hydrogens is 188 g/mol. The van der Waals surface area contributed by atoms with E-state index in [0.717, 1.165) is 0 Å². The zero-order valence-corrected chi connectivity index (χ0v) is 9.60. The van der Waals surface area contributed by atoms with Crippen LogP contribution < -0.4 is 0 Å². The zero-order chi connectivity index (χ0) is 10.3. The van der Waals surface area contributed by atoms with E-state index in [0.29, 0.717) is 13.2 Å². The Morgan fingerprint density at radius 2 is 1.85 bits per heavy atom. The third-order valence-electron chi connectivity index (χ3n) is 1.62. The van der Waals surface area contributed by atoms with Crippen molar-refractivity contribution >= 4 is 15.3 Å². The fourth-order valence-corrected chi connectivity index (χ4v) is 2.88. The molecule has 0 amide bonds. The molecule has 1 atom stereocenters.